The van der Waals surface area contributed by atoms with Crippen LogP contribution in [0.1, 0.15) is 27.0 Å². The van der Waals surface area contributed by atoms with Gasteiger partial charge in [0.05, 0.1) is 11.1 Å². The van der Waals surface area contributed by atoms with Crippen molar-refractivity contribution in [2.75, 3.05) is 0 Å². The third kappa shape index (κ3) is 4.50. The van der Waals surface area contributed by atoms with Gasteiger partial charge >= 0.3 is 12.4 Å². The molecule has 0 radical (unpaired) electrons. The Kier molecular flexibility index (Phi) is 4.86. The molecule has 0 spiro atoms. The predicted octanol–water partition coefficient (Wildman–Crippen LogP) is 4.65. The summed E-state index contributed by atoms with van der Waals surface area (Å²) in [5.74, 6) is -0.749. The molecule has 8 heteroatoms. The number of rotatable bonds is 3. The zero-order valence-electron chi connectivity index (χ0n) is 12.0. The van der Waals surface area contributed by atoms with E-state index in [2.05, 4.69) is 5.32 Å². The summed E-state index contributed by atoms with van der Waals surface area (Å²) in [5.41, 5.74) is -1.57. The zero-order valence-corrected chi connectivity index (χ0v) is 12.0. The molecule has 2 rings (SSSR count). The average Bonchev–Trinajstić information content (AvgIpc) is 2.51. The van der Waals surface area contributed by atoms with Gasteiger partial charge in [-0.3, -0.25) is 4.79 Å². The van der Waals surface area contributed by atoms with Crippen LogP contribution in [0.2, 0.25) is 0 Å². The molecule has 128 valence electrons. The number of carbonyl (C=O) groups excluding carboxylic acids is 1. The quantitative estimate of drug-likeness (QED) is 0.805. The van der Waals surface area contributed by atoms with E-state index >= 15 is 0 Å². The summed E-state index contributed by atoms with van der Waals surface area (Å²) < 4.78 is 75.1. The molecule has 0 saturated heterocycles. The van der Waals surface area contributed by atoms with E-state index < -0.39 is 29.4 Å². The van der Waals surface area contributed by atoms with Crippen LogP contribution in [0.25, 0.3) is 0 Å². The number of nitrogens with one attached hydrogen (secondary N) is 1. The third-order valence-electron chi connectivity index (χ3n) is 3.19. The molecule has 0 aliphatic rings. The van der Waals surface area contributed by atoms with E-state index in [9.17, 15) is 31.1 Å². The predicted molar refractivity (Wildman–Crippen MR) is 74.1 cm³/mol. The number of hydrogen-bond donors (Lipinski definition) is 1. The number of benzene rings is 2. The fourth-order valence-electron chi connectivity index (χ4n) is 1.93. The van der Waals surface area contributed by atoms with Crippen molar-refractivity contribution in [3.05, 3.63) is 70.8 Å². The van der Waals surface area contributed by atoms with Crippen LogP contribution in [-0.2, 0) is 18.9 Å². The lowest BCUT2D eigenvalue weighted by Crippen LogP contribution is -2.23. The van der Waals surface area contributed by atoms with Crippen LogP contribution in [0.15, 0.2) is 48.5 Å². The van der Waals surface area contributed by atoms with E-state index in [0.29, 0.717) is 11.6 Å². The van der Waals surface area contributed by atoms with Gasteiger partial charge in [-0.25, -0.2) is 0 Å². The molecule has 2 aromatic rings. The number of hydrogen-bond acceptors (Lipinski definition) is 1. The van der Waals surface area contributed by atoms with Gasteiger partial charge in [0.15, 0.2) is 0 Å². The van der Waals surface area contributed by atoms with Crippen molar-refractivity contribution in [2.45, 2.75) is 18.9 Å². The lowest BCUT2D eigenvalue weighted by molar-refractivity contribution is -0.138. The van der Waals surface area contributed by atoms with E-state index in [-0.39, 0.29) is 12.1 Å². The van der Waals surface area contributed by atoms with Crippen molar-refractivity contribution in [3.8, 4) is 0 Å². The lowest BCUT2D eigenvalue weighted by atomic mass is 10.1. The first-order chi connectivity index (χ1) is 11.1. The van der Waals surface area contributed by atoms with Crippen LogP contribution in [0.5, 0.6) is 0 Å². The minimum atomic E-state index is -4.57. The summed E-state index contributed by atoms with van der Waals surface area (Å²) >= 11 is 0. The largest absolute Gasteiger partial charge is 0.416 e. The van der Waals surface area contributed by atoms with Gasteiger partial charge in [-0.05, 0) is 35.9 Å². The van der Waals surface area contributed by atoms with Gasteiger partial charge in [0.25, 0.3) is 5.91 Å². The van der Waals surface area contributed by atoms with Gasteiger partial charge in [-0.1, -0.05) is 18.2 Å². The average molecular weight is 347 g/mol. The first-order valence-electron chi connectivity index (χ1n) is 6.69. The van der Waals surface area contributed by atoms with Crippen LogP contribution >= 0.6 is 0 Å². The van der Waals surface area contributed by atoms with Gasteiger partial charge in [-0.2, -0.15) is 26.3 Å². The highest BCUT2D eigenvalue weighted by Gasteiger charge is 2.31. The molecule has 2 nitrogen and oxygen atoms in total. The van der Waals surface area contributed by atoms with Crippen molar-refractivity contribution < 1.29 is 31.1 Å². The third-order valence-corrected chi connectivity index (χ3v) is 3.19. The van der Waals surface area contributed by atoms with E-state index in [1.807, 2.05) is 0 Å². The Morgan fingerprint density at radius 3 is 1.96 bits per heavy atom. The highest BCUT2D eigenvalue weighted by atomic mass is 19.4. The molecule has 0 saturated carbocycles. The Bertz CT molecular complexity index is 719. The molecule has 0 aliphatic carbocycles. The van der Waals surface area contributed by atoms with Crippen molar-refractivity contribution in [2.24, 2.45) is 0 Å². The van der Waals surface area contributed by atoms with Crippen molar-refractivity contribution >= 4 is 5.91 Å². The topological polar surface area (TPSA) is 29.1 Å². The van der Waals surface area contributed by atoms with Crippen LogP contribution < -0.4 is 5.32 Å². The van der Waals surface area contributed by atoms with Crippen molar-refractivity contribution in [3.63, 3.8) is 0 Å². The molecule has 0 heterocycles. The molecule has 0 aromatic heterocycles. The second-order valence-electron chi connectivity index (χ2n) is 4.96. The van der Waals surface area contributed by atoms with E-state index in [1.54, 1.807) is 0 Å². The molecule has 1 N–H and O–H groups in total. The second-order valence-corrected chi connectivity index (χ2v) is 4.96. The van der Waals surface area contributed by atoms with Crippen LogP contribution in [0, 0.1) is 0 Å². The monoisotopic (exact) mass is 347 g/mol. The first kappa shape index (κ1) is 17.8. The molecule has 1 amide bonds. The second kappa shape index (κ2) is 6.54. The smallest absolute Gasteiger partial charge is 0.348 e. The Morgan fingerprint density at radius 2 is 1.42 bits per heavy atom. The zero-order chi connectivity index (χ0) is 18.0. The Hall–Kier alpha value is -2.51. The summed E-state index contributed by atoms with van der Waals surface area (Å²) in [4.78, 5) is 11.9. The maximum atomic E-state index is 12.6. The molecule has 0 unspecified atom stereocenters. The first-order valence-corrected chi connectivity index (χ1v) is 6.69. The van der Waals surface area contributed by atoms with E-state index in [1.165, 1.54) is 18.2 Å². The maximum Gasteiger partial charge on any atom is 0.416 e. The maximum absolute atomic E-state index is 12.6. The van der Waals surface area contributed by atoms with E-state index in [4.69, 9.17) is 0 Å². The van der Waals surface area contributed by atoms with Gasteiger partial charge in [0.2, 0.25) is 0 Å². The number of amides is 1. The van der Waals surface area contributed by atoms with Crippen LogP contribution in [0.3, 0.4) is 0 Å². The summed E-state index contributed by atoms with van der Waals surface area (Å²) in [6.07, 6.45) is -9.02. The minimum Gasteiger partial charge on any atom is -0.348 e. The van der Waals surface area contributed by atoms with Crippen LogP contribution in [0.4, 0.5) is 26.3 Å². The number of alkyl halides is 6. The molecule has 0 aliphatic heterocycles. The highest BCUT2D eigenvalue weighted by Crippen LogP contribution is 2.30. The van der Waals surface area contributed by atoms with Gasteiger partial charge < -0.3 is 5.32 Å². The van der Waals surface area contributed by atoms with Gasteiger partial charge in [0, 0.05) is 12.1 Å². The summed E-state index contributed by atoms with van der Waals surface area (Å²) in [5, 5.41) is 2.36. The molecule has 0 bridgehead atoms. The normalized spacial score (nSPS) is 12.1. The molecular formula is C16H11F6NO. The Balaban J connectivity index is 2.03. The lowest BCUT2D eigenvalue weighted by Gasteiger charge is -2.10. The van der Waals surface area contributed by atoms with Gasteiger partial charge in [-0.15, -0.1) is 0 Å². The minimum absolute atomic E-state index is 0.104. The van der Waals surface area contributed by atoms with Crippen LogP contribution in [-0.4, -0.2) is 5.91 Å². The molecule has 24 heavy (non-hydrogen) atoms. The molecule has 0 atom stereocenters. The molecule has 0 fully saturated rings. The fourth-order valence-corrected chi connectivity index (χ4v) is 1.93. The molecular weight excluding hydrogens is 336 g/mol. The van der Waals surface area contributed by atoms with Crippen molar-refractivity contribution in [1.82, 2.24) is 5.32 Å². The summed E-state index contributed by atoms with van der Waals surface area (Å²) in [6.45, 7) is -0.104. The highest BCUT2D eigenvalue weighted by molar-refractivity contribution is 5.94. The summed E-state index contributed by atoms with van der Waals surface area (Å²) in [6, 6.07) is 7.99. The Morgan fingerprint density at radius 1 is 0.833 bits per heavy atom. The summed E-state index contributed by atoms with van der Waals surface area (Å²) in [7, 11) is 0. The number of carbonyl (C=O) groups is 1. The Labute approximate surface area is 133 Å². The van der Waals surface area contributed by atoms with Crippen molar-refractivity contribution in [1.29, 1.82) is 0 Å². The van der Waals surface area contributed by atoms with Gasteiger partial charge in [0.1, 0.15) is 0 Å². The molecule has 2 aromatic carbocycles. The number of halogens is 6. The SMILES string of the molecule is O=C(NCc1ccc(C(F)(F)F)cc1)c1cccc(C(F)(F)F)c1. The standard InChI is InChI=1S/C16H11F6NO/c17-15(18,19)12-6-4-10(5-7-12)9-23-14(24)11-2-1-3-13(8-11)16(20,21)22/h1-8H,9H2,(H,23,24). The fraction of sp³-hybridized carbons (Fsp3) is 0.188. The van der Waals surface area contributed by atoms with E-state index in [0.717, 1.165) is 24.3 Å².